The van der Waals surface area contributed by atoms with E-state index in [2.05, 4.69) is 6.07 Å². The number of sulfone groups is 1. The number of nitrogens with two attached hydrogens (primary N) is 1. The summed E-state index contributed by atoms with van der Waals surface area (Å²) in [5.74, 6) is -0.124. The van der Waals surface area contributed by atoms with E-state index in [9.17, 15) is 8.42 Å². The standard InChI is InChI=1S/C20H20N2O2S3.2C2H6/c1-12-7-8-13(2)16(9-12)14-5-4-6-15(10-14)27(23,24)18-11-17(19(21)22)26-20(18)25-3;2*1-2/h4-11H,1-3H3,(H3,21,22);2*1-2H3. The second kappa shape index (κ2) is 12.1. The largest absolute Gasteiger partial charge is 0.383 e. The predicted octanol–water partition coefficient (Wildman–Crippen LogP) is 6.92. The second-order valence-corrected chi connectivity index (χ2v) is 10.3. The molecule has 3 rings (SSSR count). The first-order valence-corrected chi connectivity index (χ1v) is 13.7. The van der Waals surface area contributed by atoms with Gasteiger partial charge in [0.25, 0.3) is 0 Å². The van der Waals surface area contributed by atoms with Gasteiger partial charge in [-0.15, -0.1) is 23.1 Å². The Morgan fingerprint density at radius 2 is 1.65 bits per heavy atom. The van der Waals surface area contributed by atoms with Gasteiger partial charge in [-0.2, -0.15) is 0 Å². The average Bonchev–Trinajstić information content (AvgIpc) is 3.24. The Hall–Kier alpha value is -2.09. The maximum Gasteiger partial charge on any atom is 0.208 e. The first-order chi connectivity index (χ1) is 14.7. The van der Waals surface area contributed by atoms with Gasteiger partial charge in [-0.1, -0.05) is 63.6 Å². The lowest BCUT2D eigenvalue weighted by Gasteiger charge is -2.10. The molecule has 0 amide bonds. The smallest absolute Gasteiger partial charge is 0.208 e. The molecule has 31 heavy (non-hydrogen) atoms. The van der Waals surface area contributed by atoms with E-state index in [1.807, 2.05) is 66.0 Å². The third-order valence-electron chi connectivity index (χ3n) is 4.25. The summed E-state index contributed by atoms with van der Waals surface area (Å²) in [7, 11) is -3.71. The van der Waals surface area contributed by atoms with Crippen molar-refractivity contribution in [3.63, 3.8) is 0 Å². The highest BCUT2D eigenvalue weighted by Gasteiger charge is 2.25. The molecule has 0 bridgehead atoms. The van der Waals surface area contributed by atoms with Gasteiger partial charge in [0.1, 0.15) is 5.84 Å². The third kappa shape index (κ3) is 6.21. The van der Waals surface area contributed by atoms with Crippen LogP contribution in [0.15, 0.2) is 62.5 Å². The second-order valence-electron chi connectivity index (χ2n) is 6.23. The Bertz CT molecular complexity index is 1130. The van der Waals surface area contributed by atoms with Crippen LogP contribution in [-0.2, 0) is 9.84 Å². The molecule has 4 nitrogen and oxygen atoms in total. The lowest BCUT2D eigenvalue weighted by molar-refractivity contribution is 0.595. The van der Waals surface area contributed by atoms with Crippen molar-refractivity contribution in [2.24, 2.45) is 5.73 Å². The monoisotopic (exact) mass is 476 g/mol. The van der Waals surface area contributed by atoms with Gasteiger partial charge in [-0.05, 0) is 55.0 Å². The van der Waals surface area contributed by atoms with E-state index in [0.717, 1.165) is 22.3 Å². The van der Waals surface area contributed by atoms with E-state index in [0.29, 0.717) is 9.09 Å². The summed E-state index contributed by atoms with van der Waals surface area (Å²) in [6, 6.07) is 14.7. The van der Waals surface area contributed by atoms with Gasteiger partial charge >= 0.3 is 0 Å². The molecule has 0 saturated carbocycles. The van der Waals surface area contributed by atoms with Gasteiger partial charge in [0.05, 0.1) is 18.9 Å². The molecule has 0 unspecified atom stereocenters. The zero-order chi connectivity index (χ0) is 23.8. The minimum atomic E-state index is -3.71. The minimum absolute atomic E-state index is 0.124. The molecule has 1 heterocycles. The Morgan fingerprint density at radius 3 is 2.23 bits per heavy atom. The highest BCUT2D eigenvalue weighted by atomic mass is 32.2. The van der Waals surface area contributed by atoms with E-state index in [1.54, 1.807) is 18.2 Å². The van der Waals surface area contributed by atoms with Crippen LogP contribution >= 0.6 is 23.1 Å². The van der Waals surface area contributed by atoms with Gasteiger partial charge < -0.3 is 5.73 Å². The Morgan fingerprint density at radius 1 is 1.00 bits per heavy atom. The number of thioether (sulfide) groups is 1. The molecule has 7 heteroatoms. The number of thiophene rings is 1. The summed E-state index contributed by atoms with van der Waals surface area (Å²) in [6.07, 6.45) is 1.82. The SMILES string of the molecule is CC.CC.CSc1sc(C(=N)N)cc1S(=O)(=O)c1cccc(-c2cc(C)ccc2C)c1. The van der Waals surface area contributed by atoms with Crippen molar-refractivity contribution in [2.45, 2.75) is 55.5 Å². The molecule has 0 radical (unpaired) electrons. The zero-order valence-electron chi connectivity index (χ0n) is 19.2. The molecule has 168 valence electrons. The number of rotatable bonds is 5. The van der Waals surface area contributed by atoms with Crippen LogP contribution in [0.5, 0.6) is 0 Å². The van der Waals surface area contributed by atoms with E-state index in [4.69, 9.17) is 11.1 Å². The number of nitrogen functional groups attached to an aromatic ring is 1. The normalized spacial score (nSPS) is 10.4. The molecule has 0 aliphatic carbocycles. The zero-order valence-corrected chi connectivity index (χ0v) is 21.7. The first-order valence-electron chi connectivity index (χ1n) is 10.2. The van der Waals surface area contributed by atoms with Gasteiger partial charge in [-0.3, -0.25) is 5.41 Å². The van der Waals surface area contributed by atoms with Gasteiger partial charge in [0.15, 0.2) is 0 Å². The van der Waals surface area contributed by atoms with Crippen LogP contribution in [0.25, 0.3) is 11.1 Å². The van der Waals surface area contributed by atoms with Crippen molar-refractivity contribution in [3.8, 4) is 11.1 Å². The lowest BCUT2D eigenvalue weighted by Crippen LogP contribution is -2.08. The molecule has 0 atom stereocenters. The maximum atomic E-state index is 13.3. The molecule has 0 aliphatic heterocycles. The van der Waals surface area contributed by atoms with Crippen molar-refractivity contribution in [1.82, 2.24) is 0 Å². The fourth-order valence-electron chi connectivity index (χ4n) is 2.82. The molecule has 0 aliphatic rings. The van der Waals surface area contributed by atoms with Crippen molar-refractivity contribution >= 4 is 38.8 Å². The molecule has 3 N–H and O–H groups in total. The summed E-state index contributed by atoms with van der Waals surface area (Å²) in [5.41, 5.74) is 9.65. The Kier molecular flexibility index (Phi) is 10.5. The van der Waals surface area contributed by atoms with Crippen LogP contribution in [0, 0.1) is 19.3 Å². The molecule has 3 aromatic rings. The fraction of sp³-hybridized carbons (Fsp3) is 0.292. The maximum absolute atomic E-state index is 13.3. The molecular formula is C24H32N2O2S3. The summed E-state index contributed by atoms with van der Waals surface area (Å²) in [4.78, 5) is 0.913. The van der Waals surface area contributed by atoms with Crippen LogP contribution in [0.4, 0.5) is 0 Å². The summed E-state index contributed by atoms with van der Waals surface area (Å²) < 4.78 is 27.2. The quantitative estimate of drug-likeness (QED) is 0.238. The van der Waals surface area contributed by atoms with Gasteiger partial charge in [0.2, 0.25) is 9.84 Å². The molecule has 2 aromatic carbocycles. The topological polar surface area (TPSA) is 84.0 Å². The number of hydrogen-bond acceptors (Lipinski definition) is 5. The molecule has 0 saturated heterocycles. The molecule has 0 fully saturated rings. The van der Waals surface area contributed by atoms with Crippen LogP contribution in [0.2, 0.25) is 0 Å². The van der Waals surface area contributed by atoms with Crippen molar-refractivity contribution in [2.75, 3.05) is 6.26 Å². The van der Waals surface area contributed by atoms with E-state index in [1.165, 1.54) is 29.2 Å². The van der Waals surface area contributed by atoms with Crippen LogP contribution in [-0.4, -0.2) is 20.5 Å². The Labute approximate surface area is 195 Å². The van der Waals surface area contributed by atoms with Crippen molar-refractivity contribution in [1.29, 1.82) is 5.41 Å². The average molecular weight is 477 g/mol. The van der Waals surface area contributed by atoms with Crippen LogP contribution in [0.3, 0.4) is 0 Å². The van der Waals surface area contributed by atoms with E-state index in [-0.39, 0.29) is 15.6 Å². The van der Waals surface area contributed by atoms with E-state index >= 15 is 0 Å². The number of nitrogens with one attached hydrogen (secondary N) is 1. The fourth-order valence-corrected chi connectivity index (χ4v) is 6.73. The Balaban J connectivity index is 0.00000113. The molecule has 0 spiro atoms. The number of benzene rings is 2. The highest BCUT2D eigenvalue weighted by molar-refractivity contribution is 8.01. The third-order valence-corrected chi connectivity index (χ3v) is 8.59. The number of aryl methyl sites for hydroxylation is 2. The summed E-state index contributed by atoms with van der Waals surface area (Å²) >= 11 is 2.58. The van der Waals surface area contributed by atoms with Crippen LogP contribution in [0.1, 0.15) is 43.7 Å². The highest BCUT2D eigenvalue weighted by Crippen LogP contribution is 2.37. The summed E-state index contributed by atoms with van der Waals surface area (Å²) in [5, 5.41) is 7.60. The van der Waals surface area contributed by atoms with Gasteiger partial charge in [0, 0.05) is 0 Å². The minimum Gasteiger partial charge on any atom is -0.383 e. The predicted molar refractivity (Wildman–Crippen MR) is 137 cm³/mol. The molecule has 1 aromatic heterocycles. The first kappa shape index (κ1) is 26.9. The van der Waals surface area contributed by atoms with E-state index < -0.39 is 9.84 Å². The van der Waals surface area contributed by atoms with Gasteiger partial charge in [-0.25, -0.2) is 8.42 Å². The molecular weight excluding hydrogens is 444 g/mol. The number of amidine groups is 1. The lowest BCUT2D eigenvalue weighted by atomic mass is 9.99. The van der Waals surface area contributed by atoms with Crippen LogP contribution < -0.4 is 5.73 Å². The summed E-state index contributed by atoms with van der Waals surface area (Å²) in [6.45, 7) is 12.0. The number of hydrogen-bond donors (Lipinski definition) is 2. The van der Waals surface area contributed by atoms with Crippen molar-refractivity contribution in [3.05, 3.63) is 64.5 Å². The van der Waals surface area contributed by atoms with Crippen molar-refractivity contribution < 1.29 is 8.42 Å².